The average molecular weight is 392 g/mol. The number of aliphatic carboxylic acids is 2. The van der Waals surface area contributed by atoms with Crippen molar-refractivity contribution in [3.05, 3.63) is 35.9 Å². The summed E-state index contributed by atoms with van der Waals surface area (Å²) in [5.74, 6) is -2.78. The van der Waals surface area contributed by atoms with E-state index in [1.165, 1.54) is 0 Å². The lowest BCUT2D eigenvalue weighted by molar-refractivity contribution is -0.142. The highest BCUT2D eigenvalue weighted by Crippen LogP contribution is 2.68. The molecule has 6 nitrogen and oxygen atoms in total. The molecule has 134 valence electrons. The lowest BCUT2D eigenvalue weighted by Crippen LogP contribution is -2.18. The first kappa shape index (κ1) is 21.1. The first-order chi connectivity index (χ1) is 11.4. The zero-order valence-corrected chi connectivity index (χ0v) is 15.6. The van der Waals surface area contributed by atoms with Crippen LogP contribution in [0.25, 0.3) is 0 Å². The predicted octanol–water partition coefficient (Wildman–Crippen LogP) is 4.32. The van der Waals surface area contributed by atoms with E-state index in [4.69, 9.17) is 10.2 Å². The highest BCUT2D eigenvalue weighted by atomic mass is 33.1. The summed E-state index contributed by atoms with van der Waals surface area (Å²) >= 11 is 1.29. The Morgan fingerprint density at radius 3 is 2.38 bits per heavy atom. The highest BCUT2D eigenvalue weighted by molar-refractivity contribution is 8.89. The molecule has 2 atom stereocenters. The fourth-order valence-corrected chi connectivity index (χ4v) is 7.80. The van der Waals surface area contributed by atoms with E-state index in [0.717, 1.165) is 29.8 Å². The van der Waals surface area contributed by atoms with Crippen LogP contribution in [-0.2, 0) is 20.6 Å². The molecule has 1 aromatic carbocycles. The van der Waals surface area contributed by atoms with Crippen LogP contribution in [0.15, 0.2) is 30.3 Å². The molecule has 0 aromatic heterocycles. The maximum atomic E-state index is 12.6. The summed E-state index contributed by atoms with van der Waals surface area (Å²) in [6.07, 6.45) is 0.954. The molecule has 0 fully saturated rings. The van der Waals surface area contributed by atoms with Crippen molar-refractivity contribution in [2.45, 2.75) is 25.7 Å². The largest absolute Gasteiger partial charge is 0.481 e. The second-order valence-corrected chi connectivity index (χ2v) is 13.2. The van der Waals surface area contributed by atoms with Crippen molar-refractivity contribution in [1.29, 1.82) is 0 Å². The molecule has 1 aromatic rings. The van der Waals surface area contributed by atoms with E-state index in [1.807, 2.05) is 30.3 Å². The van der Waals surface area contributed by atoms with Gasteiger partial charge in [-0.3, -0.25) is 14.2 Å². The lowest BCUT2D eigenvalue weighted by atomic mass is 10.1. The van der Waals surface area contributed by atoms with Gasteiger partial charge in [0.2, 0.25) is 5.55 Å². The zero-order chi connectivity index (χ0) is 18.0. The second kappa shape index (κ2) is 10.8. The van der Waals surface area contributed by atoms with Gasteiger partial charge >= 0.3 is 11.9 Å². The van der Waals surface area contributed by atoms with Crippen LogP contribution < -0.4 is 0 Å². The van der Waals surface area contributed by atoms with Gasteiger partial charge in [0, 0.05) is 18.3 Å². The van der Waals surface area contributed by atoms with Crippen LogP contribution in [0.5, 0.6) is 0 Å². The first-order valence-corrected chi connectivity index (χ1v) is 12.3. The van der Waals surface area contributed by atoms with Crippen LogP contribution in [0.1, 0.15) is 24.8 Å². The van der Waals surface area contributed by atoms with Gasteiger partial charge in [0.1, 0.15) is 0 Å². The third kappa shape index (κ3) is 8.24. The molecule has 9 heteroatoms. The summed E-state index contributed by atoms with van der Waals surface area (Å²) in [6, 6.07) is 9.81. The van der Waals surface area contributed by atoms with Crippen LogP contribution in [0.2, 0.25) is 0 Å². The predicted molar refractivity (Wildman–Crippen MR) is 97.9 cm³/mol. The topological polar surface area (TPSA) is 112 Å². The van der Waals surface area contributed by atoms with Crippen LogP contribution in [-0.4, -0.2) is 38.6 Å². The molecule has 3 N–H and O–H groups in total. The van der Waals surface area contributed by atoms with E-state index in [0.29, 0.717) is 5.75 Å². The Morgan fingerprint density at radius 1 is 1.17 bits per heavy atom. The quantitative estimate of drug-likeness (QED) is 0.274. The fraction of sp³-hybridized carbons (Fsp3) is 0.467. The summed E-state index contributed by atoms with van der Waals surface area (Å²) in [7, 11) is 0. The summed E-state index contributed by atoms with van der Waals surface area (Å²) in [6.45, 7) is 0. The van der Waals surface area contributed by atoms with E-state index in [-0.39, 0.29) is 30.7 Å². The SMILES string of the molecule is O=C(O)CCC(CP(=O)(SO)SCCCc1ccccc1)C(=O)O. The van der Waals surface area contributed by atoms with E-state index in [1.54, 1.807) is 0 Å². The van der Waals surface area contributed by atoms with Gasteiger partial charge in [-0.1, -0.05) is 41.7 Å². The molecular formula is C15H21O6PS2. The molecule has 0 aliphatic rings. The van der Waals surface area contributed by atoms with Gasteiger partial charge in [0.25, 0.3) is 0 Å². The minimum Gasteiger partial charge on any atom is -0.481 e. The number of carboxylic acids is 2. The smallest absolute Gasteiger partial charge is 0.307 e. The zero-order valence-electron chi connectivity index (χ0n) is 13.0. The number of rotatable bonds is 12. The van der Waals surface area contributed by atoms with Crippen molar-refractivity contribution in [2.75, 3.05) is 11.9 Å². The number of hydrogen-bond donors (Lipinski definition) is 3. The molecular weight excluding hydrogens is 371 g/mol. The molecule has 1 rings (SSSR count). The van der Waals surface area contributed by atoms with Gasteiger partial charge in [0.15, 0.2) is 0 Å². The molecule has 0 aliphatic carbocycles. The Morgan fingerprint density at radius 2 is 1.83 bits per heavy atom. The van der Waals surface area contributed by atoms with Gasteiger partial charge in [0.05, 0.1) is 17.6 Å². The molecule has 2 unspecified atom stereocenters. The standard InChI is InChI=1S/C15H21O6PS2/c16-14(17)9-8-13(15(18)19)11-22(20,24-21)23-10-4-7-12-5-2-1-3-6-12/h1-3,5-6,13,21H,4,7-11H2,(H,16,17)(H,18,19). The number of carboxylic acid groups (broad SMARTS) is 2. The number of aryl methyl sites for hydroxylation is 1. The third-order valence-corrected chi connectivity index (χ3v) is 10.3. The van der Waals surface area contributed by atoms with E-state index in [2.05, 4.69) is 0 Å². The summed E-state index contributed by atoms with van der Waals surface area (Å²) in [5, 5.41) is 17.8. The average Bonchev–Trinajstić information content (AvgIpc) is 2.56. The Kier molecular flexibility index (Phi) is 9.51. The minimum atomic E-state index is -3.18. The van der Waals surface area contributed by atoms with E-state index in [9.17, 15) is 18.7 Å². The summed E-state index contributed by atoms with van der Waals surface area (Å²) < 4.78 is 22.0. The van der Waals surface area contributed by atoms with Crippen molar-refractivity contribution in [1.82, 2.24) is 0 Å². The maximum absolute atomic E-state index is 12.6. The van der Waals surface area contributed by atoms with Crippen molar-refractivity contribution in [3.63, 3.8) is 0 Å². The molecule has 0 saturated heterocycles. The Balaban J connectivity index is 2.49. The highest BCUT2D eigenvalue weighted by Gasteiger charge is 2.32. The monoisotopic (exact) mass is 392 g/mol. The molecule has 0 heterocycles. The maximum Gasteiger partial charge on any atom is 0.307 e. The molecule has 0 amide bonds. The molecule has 24 heavy (non-hydrogen) atoms. The lowest BCUT2D eigenvalue weighted by Gasteiger charge is -2.18. The molecule has 0 radical (unpaired) electrons. The summed E-state index contributed by atoms with van der Waals surface area (Å²) in [4.78, 5) is 21.8. The van der Waals surface area contributed by atoms with Crippen LogP contribution in [0.4, 0.5) is 0 Å². The Hall–Kier alpha value is -0.950. The van der Waals surface area contributed by atoms with E-state index < -0.39 is 23.4 Å². The number of hydrogen-bond acceptors (Lipinski definition) is 6. The third-order valence-electron chi connectivity index (χ3n) is 3.36. The molecule has 0 aliphatic heterocycles. The second-order valence-electron chi connectivity index (χ2n) is 5.27. The van der Waals surface area contributed by atoms with Gasteiger partial charge in [-0.05, 0) is 24.8 Å². The Labute approximate surface area is 149 Å². The van der Waals surface area contributed by atoms with Crippen LogP contribution >= 0.6 is 28.6 Å². The molecule has 0 bridgehead atoms. The minimum absolute atomic E-state index is 0.0974. The summed E-state index contributed by atoms with van der Waals surface area (Å²) in [5.41, 5.74) is -2.01. The van der Waals surface area contributed by atoms with Crippen LogP contribution in [0, 0.1) is 5.92 Å². The molecule has 0 spiro atoms. The van der Waals surface area contributed by atoms with Crippen molar-refractivity contribution in [2.24, 2.45) is 5.92 Å². The molecule has 0 saturated carbocycles. The number of carbonyl (C=O) groups is 2. The Bertz CT molecular complexity index is 581. The van der Waals surface area contributed by atoms with E-state index >= 15 is 0 Å². The number of benzene rings is 1. The van der Waals surface area contributed by atoms with Crippen LogP contribution in [0.3, 0.4) is 0 Å². The van der Waals surface area contributed by atoms with Gasteiger partial charge < -0.3 is 14.8 Å². The van der Waals surface area contributed by atoms with Crippen molar-refractivity contribution in [3.8, 4) is 0 Å². The van der Waals surface area contributed by atoms with Gasteiger partial charge in [-0.15, -0.1) is 0 Å². The van der Waals surface area contributed by atoms with Crippen molar-refractivity contribution < 1.29 is 28.9 Å². The van der Waals surface area contributed by atoms with Gasteiger partial charge in [-0.2, -0.15) is 0 Å². The van der Waals surface area contributed by atoms with Gasteiger partial charge in [-0.25, -0.2) is 0 Å². The normalized spacial score (nSPS) is 14.7. The first-order valence-electron chi connectivity index (χ1n) is 7.41. The van der Waals surface area contributed by atoms with Crippen molar-refractivity contribution >= 4 is 40.5 Å². The fourth-order valence-electron chi connectivity index (χ4n) is 2.09.